The van der Waals surface area contributed by atoms with Gasteiger partial charge in [-0.1, -0.05) is 25.1 Å². The highest BCUT2D eigenvalue weighted by atomic mass is 16.6. The predicted molar refractivity (Wildman–Crippen MR) is 115 cm³/mol. The van der Waals surface area contributed by atoms with Crippen molar-refractivity contribution in [3.8, 4) is 0 Å². The van der Waals surface area contributed by atoms with Gasteiger partial charge in [-0.05, 0) is 55.7 Å². The highest BCUT2D eigenvalue weighted by Crippen LogP contribution is 2.38. The highest BCUT2D eigenvalue weighted by Gasteiger charge is 2.37. The topological polar surface area (TPSA) is 63.3 Å². The molecule has 2 aliphatic carbocycles. The van der Waals surface area contributed by atoms with E-state index in [1.54, 1.807) is 13.4 Å². The summed E-state index contributed by atoms with van der Waals surface area (Å²) in [7, 11) is 3.77. The monoisotopic (exact) mass is 414 g/mol. The van der Waals surface area contributed by atoms with Crippen LogP contribution in [0.5, 0.6) is 0 Å². The van der Waals surface area contributed by atoms with Gasteiger partial charge in [-0.3, -0.25) is 15.0 Å². The van der Waals surface area contributed by atoms with E-state index in [0.717, 1.165) is 36.6 Å². The van der Waals surface area contributed by atoms with Crippen molar-refractivity contribution in [1.82, 2.24) is 10.2 Å². The van der Waals surface area contributed by atoms with E-state index < -0.39 is 0 Å². The molecule has 0 spiro atoms. The van der Waals surface area contributed by atoms with Crippen molar-refractivity contribution in [2.24, 2.45) is 5.92 Å². The van der Waals surface area contributed by atoms with Crippen LogP contribution in [-0.4, -0.2) is 56.9 Å². The van der Waals surface area contributed by atoms with Gasteiger partial charge in [-0.25, -0.2) is 0 Å². The lowest BCUT2D eigenvalue weighted by atomic mass is 9.77. The molecule has 1 heterocycles. The third kappa shape index (κ3) is 5.05. The Balaban J connectivity index is 1.36. The number of Topliss-reactive ketones (excluding diaryl/α,β-unsaturated/α-hetero) is 1. The van der Waals surface area contributed by atoms with Gasteiger partial charge in [-0.15, -0.1) is 0 Å². The Morgan fingerprint density at radius 2 is 2.13 bits per heavy atom. The Morgan fingerprint density at radius 3 is 2.87 bits per heavy atom. The first-order chi connectivity index (χ1) is 14.6. The van der Waals surface area contributed by atoms with Gasteiger partial charge in [-0.2, -0.15) is 0 Å². The predicted octanol–water partition coefficient (Wildman–Crippen LogP) is 3.43. The van der Waals surface area contributed by atoms with E-state index in [1.165, 1.54) is 24.0 Å². The minimum Gasteiger partial charge on any atom is -0.495 e. The average Bonchev–Trinajstić information content (AvgIpc) is 3.67. The molecule has 1 saturated heterocycles. The van der Waals surface area contributed by atoms with Crippen molar-refractivity contribution in [3.05, 3.63) is 46.9 Å². The van der Waals surface area contributed by atoms with Gasteiger partial charge in [0.1, 0.15) is 12.9 Å². The van der Waals surface area contributed by atoms with E-state index in [-0.39, 0.29) is 12.3 Å². The fourth-order valence-electron chi connectivity index (χ4n) is 4.39. The summed E-state index contributed by atoms with van der Waals surface area (Å²) in [5, 5.41) is 3.38. The summed E-state index contributed by atoms with van der Waals surface area (Å²) in [6.45, 7) is 5.06. The summed E-state index contributed by atoms with van der Waals surface area (Å²) in [5.74, 6) is 2.34. The summed E-state index contributed by atoms with van der Waals surface area (Å²) in [6.07, 6.45) is 6.18. The quantitative estimate of drug-likeness (QED) is 0.340. The number of benzene rings is 1. The number of ether oxygens (including phenoxy) is 3. The molecule has 3 atom stereocenters. The number of nitrogens with one attached hydrogen (secondary N) is 1. The molecule has 2 fully saturated rings. The van der Waals surface area contributed by atoms with Crippen LogP contribution in [0.4, 0.5) is 0 Å². The fourth-order valence-corrected chi connectivity index (χ4v) is 4.39. The standard InChI is InChI=1S/C24H34N2O4/c1-4-18-12-21(26(2)14-16-5-6-16)23(27)19-8-7-17(11-20(18)19)13-25-24-22(30-24)15-29-10-9-28-3/h7-8,11,15-16,18,21,24-25H,4-6,9-10,12-14H2,1-3H3/b22-15+. The van der Waals surface area contributed by atoms with E-state index in [4.69, 9.17) is 14.2 Å². The lowest BCUT2D eigenvalue weighted by molar-refractivity contribution is 0.0804. The molecule has 6 nitrogen and oxygen atoms in total. The zero-order valence-electron chi connectivity index (χ0n) is 18.4. The summed E-state index contributed by atoms with van der Waals surface area (Å²) in [4.78, 5) is 15.5. The molecule has 164 valence electrons. The van der Waals surface area contributed by atoms with Crippen LogP contribution in [0.3, 0.4) is 0 Å². The van der Waals surface area contributed by atoms with Crippen LogP contribution >= 0.6 is 0 Å². The van der Waals surface area contributed by atoms with Crippen molar-refractivity contribution in [3.63, 3.8) is 0 Å². The Hall–Kier alpha value is -1.89. The lowest BCUT2D eigenvalue weighted by Crippen LogP contribution is -2.43. The summed E-state index contributed by atoms with van der Waals surface area (Å²) < 4.78 is 15.8. The van der Waals surface area contributed by atoms with Crippen molar-refractivity contribution in [2.45, 2.75) is 57.3 Å². The summed E-state index contributed by atoms with van der Waals surface area (Å²) in [6, 6.07) is 6.34. The zero-order chi connectivity index (χ0) is 21.1. The minimum atomic E-state index is -0.0902. The number of nitrogens with zero attached hydrogens (tertiary/aromatic N) is 1. The molecule has 0 bridgehead atoms. The number of hydrogen-bond acceptors (Lipinski definition) is 6. The van der Waals surface area contributed by atoms with Crippen LogP contribution in [0.2, 0.25) is 0 Å². The number of carbonyl (C=O) groups excluding carboxylic acids is 1. The second-order valence-corrected chi connectivity index (χ2v) is 8.79. The van der Waals surface area contributed by atoms with Gasteiger partial charge in [0.2, 0.25) is 6.23 Å². The number of fused-ring (bicyclic) bond motifs is 1. The number of carbonyl (C=O) groups is 1. The molecular formula is C24H34N2O4. The maximum Gasteiger partial charge on any atom is 0.211 e. The lowest BCUT2D eigenvalue weighted by Gasteiger charge is -2.35. The van der Waals surface area contributed by atoms with Gasteiger partial charge in [0, 0.05) is 25.8 Å². The molecule has 0 amide bonds. The van der Waals surface area contributed by atoms with E-state index in [0.29, 0.717) is 31.5 Å². The molecule has 3 aliphatic rings. The number of likely N-dealkylation sites (N-methyl/N-ethyl adjacent to an activating group) is 1. The molecule has 3 unspecified atom stereocenters. The maximum absolute atomic E-state index is 13.2. The minimum absolute atomic E-state index is 0.0256. The molecule has 1 aliphatic heterocycles. The van der Waals surface area contributed by atoms with Crippen molar-refractivity contribution in [2.75, 3.05) is 33.9 Å². The number of hydrogen-bond donors (Lipinski definition) is 1. The van der Waals surface area contributed by atoms with Crippen LogP contribution in [0.15, 0.2) is 30.2 Å². The van der Waals surface area contributed by atoms with E-state index >= 15 is 0 Å². The van der Waals surface area contributed by atoms with Crippen molar-refractivity contribution < 1.29 is 19.0 Å². The first kappa shape index (κ1) is 21.3. The summed E-state index contributed by atoms with van der Waals surface area (Å²) in [5.41, 5.74) is 3.31. The van der Waals surface area contributed by atoms with Gasteiger partial charge >= 0.3 is 0 Å². The summed E-state index contributed by atoms with van der Waals surface area (Å²) >= 11 is 0. The van der Waals surface area contributed by atoms with Gasteiger partial charge in [0.05, 0.1) is 12.6 Å². The van der Waals surface area contributed by atoms with Crippen LogP contribution in [0, 0.1) is 5.92 Å². The normalized spacial score (nSPS) is 26.6. The number of methoxy groups -OCH3 is 1. The number of ketones is 1. The second kappa shape index (κ2) is 9.50. The molecule has 30 heavy (non-hydrogen) atoms. The smallest absolute Gasteiger partial charge is 0.211 e. The molecule has 0 radical (unpaired) electrons. The Bertz CT molecular complexity index is 789. The zero-order valence-corrected chi connectivity index (χ0v) is 18.4. The van der Waals surface area contributed by atoms with Crippen molar-refractivity contribution >= 4 is 5.78 Å². The van der Waals surface area contributed by atoms with Gasteiger partial charge in [0.25, 0.3) is 0 Å². The second-order valence-electron chi connectivity index (χ2n) is 8.79. The largest absolute Gasteiger partial charge is 0.495 e. The molecule has 0 aromatic heterocycles. The van der Waals surface area contributed by atoms with E-state index in [2.05, 4.69) is 36.3 Å². The Morgan fingerprint density at radius 1 is 1.30 bits per heavy atom. The molecule has 1 N–H and O–H groups in total. The Labute approximate surface area is 179 Å². The van der Waals surface area contributed by atoms with E-state index in [9.17, 15) is 4.79 Å². The van der Waals surface area contributed by atoms with Crippen LogP contribution < -0.4 is 5.32 Å². The molecule has 1 saturated carbocycles. The molecular weight excluding hydrogens is 380 g/mol. The first-order valence-electron chi connectivity index (χ1n) is 11.2. The van der Waals surface area contributed by atoms with Crippen molar-refractivity contribution in [1.29, 1.82) is 0 Å². The van der Waals surface area contributed by atoms with Gasteiger partial charge in [0.15, 0.2) is 11.5 Å². The average molecular weight is 415 g/mol. The molecule has 6 heteroatoms. The molecule has 4 rings (SSSR count). The van der Waals surface area contributed by atoms with E-state index in [1.807, 2.05) is 6.07 Å². The fraction of sp³-hybridized carbons (Fsp3) is 0.625. The van der Waals surface area contributed by atoms with Gasteiger partial charge < -0.3 is 14.2 Å². The molecule has 1 aromatic carbocycles. The van der Waals surface area contributed by atoms with Crippen LogP contribution in [0.1, 0.15) is 60.0 Å². The SMILES string of the molecule is CCC1CC(N(C)CC2CC2)C(=O)c2ccc(CNC3O/C3=C/OCCOC)cc21. The number of rotatable bonds is 11. The third-order valence-corrected chi connectivity index (χ3v) is 6.45. The van der Waals surface area contributed by atoms with Crippen LogP contribution in [-0.2, 0) is 20.8 Å². The maximum atomic E-state index is 13.2. The first-order valence-corrected chi connectivity index (χ1v) is 11.2. The highest BCUT2D eigenvalue weighted by molar-refractivity contribution is 6.02. The number of epoxide rings is 1. The molecule has 1 aromatic rings. The third-order valence-electron chi connectivity index (χ3n) is 6.45. The van der Waals surface area contributed by atoms with Crippen LogP contribution in [0.25, 0.3) is 0 Å². The Kier molecular flexibility index (Phi) is 6.76.